The summed E-state index contributed by atoms with van der Waals surface area (Å²) in [6.45, 7) is 0.443. The minimum Gasteiger partial charge on any atom is -0.497 e. The lowest BCUT2D eigenvalue weighted by atomic mass is 10.0. The molecule has 1 fully saturated rings. The van der Waals surface area contributed by atoms with Gasteiger partial charge in [-0.2, -0.15) is 0 Å². The van der Waals surface area contributed by atoms with Crippen LogP contribution in [0.3, 0.4) is 0 Å². The number of anilines is 1. The second-order valence-corrected chi connectivity index (χ2v) is 7.93. The first-order valence-electron chi connectivity index (χ1n) is 7.92. The first-order chi connectivity index (χ1) is 11.5. The van der Waals surface area contributed by atoms with Gasteiger partial charge >= 0.3 is 0 Å². The van der Waals surface area contributed by atoms with Gasteiger partial charge in [-0.3, -0.25) is 4.31 Å². The Balaban J connectivity index is 1.89. The molecule has 2 atom stereocenters. The minimum atomic E-state index is -3.63. The van der Waals surface area contributed by atoms with E-state index in [1.54, 1.807) is 43.5 Å². The highest BCUT2D eigenvalue weighted by Gasteiger charge is 2.40. The average molecular weight is 347 g/mol. The fourth-order valence-electron chi connectivity index (χ4n) is 3.08. The molecule has 24 heavy (non-hydrogen) atoms. The van der Waals surface area contributed by atoms with Crippen LogP contribution in [0.2, 0.25) is 0 Å². The zero-order valence-electron chi connectivity index (χ0n) is 13.5. The third-order valence-corrected chi connectivity index (χ3v) is 6.66. The maximum Gasteiger partial charge on any atom is 0.240 e. The van der Waals surface area contributed by atoms with Crippen LogP contribution in [-0.2, 0) is 10.0 Å². The summed E-state index contributed by atoms with van der Waals surface area (Å²) in [5.74, 6) is 0.670. The van der Waals surface area contributed by atoms with Crippen molar-refractivity contribution >= 4 is 15.7 Å². The monoisotopic (exact) mass is 347 g/mol. The maximum absolute atomic E-state index is 13.0. The number of para-hydroxylation sites is 1. The van der Waals surface area contributed by atoms with E-state index in [1.807, 2.05) is 18.2 Å². The Labute approximate surface area is 142 Å². The Morgan fingerprint density at radius 1 is 1.12 bits per heavy atom. The van der Waals surface area contributed by atoms with Gasteiger partial charge in [0.2, 0.25) is 10.0 Å². The lowest BCUT2D eigenvalue weighted by Gasteiger charge is -2.36. The maximum atomic E-state index is 13.0. The molecule has 1 saturated heterocycles. The van der Waals surface area contributed by atoms with Gasteiger partial charge in [0.05, 0.1) is 18.9 Å². The van der Waals surface area contributed by atoms with Crippen molar-refractivity contribution in [3.63, 3.8) is 0 Å². The first kappa shape index (κ1) is 16.8. The van der Waals surface area contributed by atoms with E-state index >= 15 is 0 Å². The molecule has 5 nitrogen and oxygen atoms in total. The zero-order chi connectivity index (χ0) is 17.2. The number of aliphatic hydroxyl groups excluding tert-OH is 1. The number of hydrogen-bond acceptors (Lipinski definition) is 4. The molecule has 0 saturated carbocycles. The van der Waals surface area contributed by atoms with Crippen molar-refractivity contribution in [2.45, 2.75) is 24.2 Å². The number of methoxy groups -OCH3 is 1. The molecule has 0 spiro atoms. The number of sulfonamides is 1. The van der Waals surface area contributed by atoms with Crippen LogP contribution in [0.1, 0.15) is 24.5 Å². The highest BCUT2D eigenvalue weighted by molar-refractivity contribution is 7.93. The van der Waals surface area contributed by atoms with Crippen molar-refractivity contribution in [3.8, 4) is 5.75 Å². The predicted molar refractivity (Wildman–Crippen MR) is 93.7 cm³/mol. The fourth-order valence-corrected chi connectivity index (χ4v) is 5.16. The van der Waals surface area contributed by atoms with Crippen LogP contribution in [0, 0.1) is 0 Å². The van der Waals surface area contributed by atoms with E-state index < -0.39 is 21.4 Å². The van der Waals surface area contributed by atoms with Crippen LogP contribution in [0.25, 0.3) is 0 Å². The van der Waals surface area contributed by atoms with Crippen LogP contribution in [0.15, 0.2) is 54.6 Å². The van der Waals surface area contributed by atoms with Crippen molar-refractivity contribution in [1.29, 1.82) is 0 Å². The quantitative estimate of drug-likeness (QED) is 0.923. The van der Waals surface area contributed by atoms with Crippen LogP contribution >= 0.6 is 0 Å². The Kier molecular flexibility index (Phi) is 4.78. The summed E-state index contributed by atoms with van der Waals surface area (Å²) in [7, 11) is -2.06. The second kappa shape index (κ2) is 6.83. The molecule has 0 radical (unpaired) electrons. The molecule has 1 aliphatic rings. The van der Waals surface area contributed by atoms with E-state index in [2.05, 4.69) is 0 Å². The van der Waals surface area contributed by atoms with Crippen LogP contribution in [0.4, 0.5) is 5.69 Å². The normalized spacial score (nSPS) is 21.2. The van der Waals surface area contributed by atoms with Gasteiger partial charge in [0.15, 0.2) is 0 Å². The van der Waals surface area contributed by atoms with Gasteiger partial charge in [-0.15, -0.1) is 0 Å². The molecule has 6 heteroatoms. The molecular formula is C18H21NO4S. The van der Waals surface area contributed by atoms with E-state index in [0.29, 0.717) is 36.4 Å². The summed E-state index contributed by atoms with van der Waals surface area (Å²) in [5, 5.41) is 9.82. The average Bonchev–Trinajstić information content (AvgIpc) is 2.61. The molecule has 1 N–H and O–H groups in total. The Morgan fingerprint density at radius 2 is 1.79 bits per heavy atom. The van der Waals surface area contributed by atoms with Crippen LogP contribution in [-0.4, -0.2) is 32.4 Å². The molecule has 1 heterocycles. The predicted octanol–water partition coefficient (Wildman–Crippen LogP) is 2.73. The van der Waals surface area contributed by atoms with Gasteiger partial charge in [0.1, 0.15) is 11.0 Å². The third-order valence-electron chi connectivity index (χ3n) is 4.39. The summed E-state index contributed by atoms with van der Waals surface area (Å²) in [4.78, 5) is 0. The molecule has 2 unspecified atom stereocenters. The van der Waals surface area contributed by atoms with Crippen molar-refractivity contribution in [1.82, 2.24) is 0 Å². The van der Waals surface area contributed by atoms with Gasteiger partial charge in [-0.1, -0.05) is 30.3 Å². The van der Waals surface area contributed by atoms with E-state index in [1.165, 1.54) is 4.31 Å². The molecule has 2 aromatic carbocycles. The summed E-state index contributed by atoms with van der Waals surface area (Å²) in [6, 6.07) is 15.9. The number of nitrogens with zero attached hydrogens (tertiary/aromatic N) is 1. The number of rotatable bonds is 4. The van der Waals surface area contributed by atoms with Gasteiger partial charge in [-0.05, 0) is 42.7 Å². The Bertz CT molecular complexity index is 774. The smallest absolute Gasteiger partial charge is 0.240 e. The number of hydrogen-bond donors (Lipinski definition) is 1. The van der Waals surface area contributed by atoms with Crippen LogP contribution < -0.4 is 9.04 Å². The number of aliphatic hydroxyl groups is 1. The summed E-state index contributed by atoms with van der Waals surface area (Å²) < 4.78 is 32.5. The molecule has 3 rings (SSSR count). The molecule has 1 aliphatic heterocycles. The SMILES string of the molecule is COc1ccc(C(O)C2CCCN(c3ccccc3)S2(=O)=O)cc1. The summed E-state index contributed by atoms with van der Waals surface area (Å²) >= 11 is 0. The van der Waals surface area contributed by atoms with E-state index in [0.717, 1.165) is 0 Å². The van der Waals surface area contributed by atoms with Crippen molar-refractivity contribution in [2.24, 2.45) is 0 Å². The van der Waals surface area contributed by atoms with Gasteiger partial charge in [0, 0.05) is 6.54 Å². The summed E-state index contributed by atoms with van der Waals surface area (Å²) in [6.07, 6.45) is 0.0950. The van der Waals surface area contributed by atoms with E-state index in [9.17, 15) is 13.5 Å². The molecule has 2 aromatic rings. The molecule has 0 aromatic heterocycles. The summed E-state index contributed by atoms with van der Waals surface area (Å²) in [5.41, 5.74) is 1.23. The second-order valence-electron chi connectivity index (χ2n) is 5.85. The number of benzene rings is 2. The van der Waals surface area contributed by atoms with E-state index in [-0.39, 0.29) is 0 Å². The van der Waals surface area contributed by atoms with Crippen molar-refractivity contribution in [3.05, 3.63) is 60.2 Å². The highest BCUT2D eigenvalue weighted by atomic mass is 32.2. The molecular weight excluding hydrogens is 326 g/mol. The molecule has 128 valence electrons. The van der Waals surface area contributed by atoms with E-state index in [4.69, 9.17) is 4.74 Å². The Morgan fingerprint density at radius 3 is 2.42 bits per heavy atom. The zero-order valence-corrected chi connectivity index (χ0v) is 14.3. The van der Waals surface area contributed by atoms with Crippen molar-refractivity contribution < 1.29 is 18.3 Å². The minimum absolute atomic E-state index is 0.443. The highest BCUT2D eigenvalue weighted by Crippen LogP contribution is 2.34. The van der Waals surface area contributed by atoms with Crippen molar-refractivity contribution in [2.75, 3.05) is 18.0 Å². The molecule has 0 bridgehead atoms. The topological polar surface area (TPSA) is 66.8 Å². The third kappa shape index (κ3) is 3.12. The lowest BCUT2D eigenvalue weighted by Crippen LogP contribution is -2.46. The first-order valence-corrected chi connectivity index (χ1v) is 9.43. The van der Waals surface area contributed by atoms with Gasteiger partial charge < -0.3 is 9.84 Å². The lowest BCUT2D eigenvalue weighted by molar-refractivity contribution is 0.164. The standard InChI is InChI=1S/C18H21NO4S/c1-23-16-11-9-14(10-12-16)18(20)17-8-5-13-19(24(17,21)22)15-6-3-2-4-7-15/h2-4,6-7,9-12,17-18,20H,5,8,13H2,1H3. The fraction of sp³-hybridized carbons (Fsp3) is 0.333. The van der Waals surface area contributed by atoms with Gasteiger partial charge in [-0.25, -0.2) is 8.42 Å². The van der Waals surface area contributed by atoms with Gasteiger partial charge in [0.25, 0.3) is 0 Å². The number of ether oxygens (including phenoxy) is 1. The molecule has 0 aliphatic carbocycles. The Hall–Kier alpha value is -2.05. The van der Waals surface area contributed by atoms with Crippen LogP contribution in [0.5, 0.6) is 5.75 Å². The molecule has 0 amide bonds. The largest absolute Gasteiger partial charge is 0.497 e.